The molecule has 3 rings (SSSR count). The van der Waals surface area contributed by atoms with E-state index in [0.29, 0.717) is 15.8 Å². The first-order valence-electron chi connectivity index (χ1n) is 7.66. The van der Waals surface area contributed by atoms with Crippen LogP contribution in [0, 0.1) is 0 Å². The van der Waals surface area contributed by atoms with Crippen LogP contribution in [0.15, 0.2) is 53.1 Å². The number of hydrogen-bond acceptors (Lipinski definition) is 4. The minimum absolute atomic E-state index is 0.00240. The predicted octanol–water partition coefficient (Wildman–Crippen LogP) is 4.19. The summed E-state index contributed by atoms with van der Waals surface area (Å²) in [4.78, 5) is 16.8. The summed E-state index contributed by atoms with van der Waals surface area (Å²) in [5, 5.41) is 0. The molecule has 1 amide bonds. The summed E-state index contributed by atoms with van der Waals surface area (Å²) in [6.45, 7) is 5.55. The lowest BCUT2D eigenvalue weighted by molar-refractivity contribution is -0.122. The molecule has 1 aromatic carbocycles. The lowest BCUT2D eigenvalue weighted by atomic mass is 10.1. The van der Waals surface area contributed by atoms with Crippen molar-refractivity contribution >= 4 is 46.0 Å². The molecule has 1 aromatic rings. The molecule has 1 saturated heterocycles. The zero-order valence-corrected chi connectivity index (χ0v) is 14.8. The molecule has 0 N–H and O–H groups in total. The van der Waals surface area contributed by atoms with Crippen molar-refractivity contribution in [2.75, 3.05) is 18.0 Å². The van der Waals surface area contributed by atoms with E-state index >= 15 is 0 Å². The van der Waals surface area contributed by atoms with E-state index in [2.05, 4.69) is 36.1 Å². The summed E-state index contributed by atoms with van der Waals surface area (Å²) in [6.07, 6.45) is 8.07. The molecule has 3 nitrogen and oxygen atoms in total. The number of para-hydroxylation sites is 1. The van der Waals surface area contributed by atoms with Gasteiger partial charge >= 0.3 is 0 Å². The van der Waals surface area contributed by atoms with Gasteiger partial charge in [0.05, 0.1) is 4.91 Å². The van der Waals surface area contributed by atoms with Crippen molar-refractivity contribution in [2.45, 2.75) is 13.8 Å². The van der Waals surface area contributed by atoms with E-state index in [0.717, 1.165) is 12.2 Å². The highest BCUT2D eigenvalue weighted by Crippen LogP contribution is 2.33. The zero-order chi connectivity index (χ0) is 16.4. The van der Waals surface area contributed by atoms with Gasteiger partial charge in [-0.05, 0) is 43.7 Å². The Hall–Kier alpha value is -1.85. The van der Waals surface area contributed by atoms with Crippen molar-refractivity contribution in [1.29, 1.82) is 0 Å². The number of allylic oxidation sites excluding steroid dienone is 3. The average molecular weight is 342 g/mol. The maximum Gasteiger partial charge on any atom is 0.266 e. The van der Waals surface area contributed by atoms with Gasteiger partial charge in [0.15, 0.2) is 0 Å². The van der Waals surface area contributed by atoms with Gasteiger partial charge in [0.25, 0.3) is 5.91 Å². The van der Waals surface area contributed by atoms with Gasteiger partial charge in [-0.25, -0.2) is 0 Å². The molecule has 2 aliphatic heterocycles. The minimum atomic E-state index is 0.00240. The Morgan fingerprint density at radius 2 is 1.83 bits per heavy atom. The van der Waals surface area contributed by atoms with Crippen molar-refractivity contribution < 1.29 is 4.79 Å². The van der Waals surface area contributed by atoms with Crippen molar-refractivity contribution in [3.63, 3.8) is 0 Å². The molecule has 118 valence electrons. The van der Waals surface area contributed by atoms with Gasteiger partial charge in [-0.1, -0.05) is 48.3 Å². The maximum atomic E-state index is 12.3. The molecule has 1 fully saturated rings. The van der Waals surface area contributed by atoms with E-state index in [1.54, 1.807) is 4.90 Å². The number of likely N-dealkylation sites (N-methyl/N-ethyl adjacent to an activating group) is 2. The van der Waals surface area contributed by atoms with Gasteiger partial charge in [0.1, 0.15) is 4.32 Å². The van der Waals surface area contributed by atoms with E-state index in [4.69, 9.17) is 12.2 Å². The van der Waals surface area contributed by atoms with Gasteiger partial charge < -0.3 is 4.90 Å². The second-order valence-electron chi connectivity index (χ2n) is 5.18. The lowest BCUT2D eigenvalue weighted by Crippen LogP contribution is -2.27. The molecule has 0 aliphatic carbocycles. The molecule has 5 heteroatoms. The molecule has 2 heterocycles. The second kappa shape index (κ2) is 6.72. The maximum absolute atomic E-state index is 12.3. The number of fused-ring (bicyclic) bond motifs is 1. The topological polar surface area (TPSA) is 23.6 Å². The lowest BCUT2D eigenvalue weighted by Gasteiger charge is -2.29. The number of thiocarbonyl (C=S) groups is 1. The van der Waals surface area contributed by atoms with E-state index in [9.17, 15) is 4.79 Å². The first kappa shape index (κ1) is 16.0. The molecule has 0 atom stereocenters. The molecule has 0 radical (unpaired) electrons. The van der Waals surface area contributed by atoms with Gasteiger partial charge in [-0.15, -0.1) is 0 Å². The van der Waals surface area contributed by atoms with Gasteiger partial charge in [-0.3, -0.25) is 9.69 Å². The number of nitrogens with zero attached hydrogens (tertiary/aromatic N) is 2. The highest BCUT2D eigenvalue weighted by Gasteiger charge is 2.30. The molecule has 0 bridgehead atoms. The summed E-state index contributed by atoms with van der Waals surface area (Å²) >= 11 is 6.62. The van der Waals surface area contributed by atoms with Crippen LogP contribution in [0.3, 0.4) is 0 Å². The zero-order valence-electron chi connectivity index (χ0n) is 13.2. The van der Waals surface area contributed by atoms with Crippen LogP contribution in [-0.2, 0) is 4.79 Å². The van der Waals surface area contributed by atoms with Crippen LogP contribution in [-0.4, -0.2) is 28.2 Å². The Balaban J connectivity index is 1.91. The SMILES string of the molecule is CCN1C(=O)/C(=C/C=C2\C=Cc3ccccc3N2CC)SC1=S. The Kier molecular flexibility index (Phi) is 4.68. The highest BCUT2D eigenvalue weighted by molar-refractivity contribution is 8.26. The molecule has 23 heavy (non-hydrogen) atoms. The number of anilines is 1. The standard InChI is InChI=1S/C18H18N2OS2/c1-3-19-14(10-9-13-7-5-6-8-15(13)19)11-12-16-17(21)20(4-2)18(22)23-16/h5-12H,3-4H2,1-2H3/b14-11+,16-12-. The molecular formula is C18H18N2OS2. The van der Waals surface area contributed by atoms with Crippen LogP contribution in [0.25, 0.3) is 6.08 Å². The number of benzene rings is 1. The number of carbonyl (C=O) groups excluding carboxylic acids is 1. The number of thioether (sulfide) groups is 1. The fourth-order valence-corrected chi connectivity index (χ4v) is 4.05. The quantitative estimate of drug-likeness (QED) is 0.607. The number of rotatable bonds is 3. The number of carbonyl (C=O) groups is 1. The van der Waals surface area contributed by atoms with E-state index in [1.165, 1.54) is 23.0 Å². The first-order valence-corrected chi connectivity index (χ1v) is 8.88. The third-order valence-corrected chi connectivity index (χ3v) is 5.28. The van der Waals surface area contributed by atoms with Crippen LogP contribution in [0.5, 0.6) is 0 Å². The smallest absolute Gasteiger partial charge is 0.266 e. The van der Waals surface area contributed by atoms with Gasteiger partial charge in [-0.2, -0.15) is 0 Å². The molecule has 0 spiro atoms. The third-order valence-electron chi connectivity index (χ3n) is 3.88. The van der Waals surface area contributed by atoms with Crippen molar-refractivity contribution in [2.24, 2.45) is 0 Å². The summed E-state index contributed by atoms with van der Waals surface area (Å²) in [5.41, 5.74) is 3.48. The summed E-state index contributed by atoms with van der Waals surface area (Å²) < 4.78 is 0.638. The van der Waals surface area contributed by atoms with Gasteiger partial charge in [0.2, 0.25) is 0 Å². The Morgan fingerprint density at radius 1 is 1.09 bits per heavy atom. The highest BCUT2D eigenvalue weighted by atomic mass is 32.2. The Bertz CT molecular complexity index is 749. The number of amides is 1. The Morgan fingerprint density at radius 3 is 2.52 bits per heavy atom. The van der Waals surface area contributed by atoms with Crippen molar-refractivity contribution in [3.05, 3.63) is 58.7 Å². The average Bonchev–Trinajstić information content (AvgIpc) is 2.85. The van der Waals surface area contributed by atoms with Crippen molar-refractivity contribution in [1.82, 2.24) is 4.90 Å². The van der Waals surface area contributed by atoms with E-state index in [-0.39, 0.29) is 5.91 Å². The van der Waals surface area contributed by atoms with Crippen LogP contribution >= 0.6 is 24.0 Å². The second-order valence-corrected chi connectivity index (χ2v) is 6.85. The third kappa shape index (κ3) is 2.99. The minimum Gasteiger partial charge on any atom is -0.341 e. The summed E-state index contributed by atoms with van der Waals surface area (Å²) in [6, 6.07) is 8.32. The summed E-state index contributed by atoms with van der Waals surface area (Å²) in [7, 11) is 0. The predicted molar refractivity (Wildman–Crippen MR) is 102 cm³/mol. The largest absolute Gasteiger partial charge is 0.341 e. The number of hydrogen-bond donors (Lipinski definition) is 0. The molecule has 0 saturated carbocycles. The fraction of sp³-hybridized carbons (Fsp3) is 0.222. The molecule has 0 unspecified atom stereocenters. The van der Waals surface area contributed by atoms with Crippen LogP contribution in [0.4, 0.5) is 5.69 Å². The Labute approximate surface area is 146 Å². The molecule has 0 aromatic heterocycles. The first-order chi connectivity index (χ1) is 11.2. The van der Waals surface area contributed by atoms with E-state index < -0.39 is 0 Å². The van der Waals surface area contributed by atoms with Crippen LogP contribution in [0.1, 0.15) is 19.4 Å². The normalized spacial score (nSPS) is 20.8. The molecule has 2 aliphatic rings. The van der Waals surface area contributed by atoms with Crippen molar-refractivity contribution in [3.8, 4) is 0 Å². The molecular weight excluding hydrogens is 324 g/mol. The van der Waals surface area contributed by atoms with Crippen LogP contribution < -0.4 is 4.90 Å². The van der Waals surface area contributed by atoms with Gasteiger partial charge in [0, 0.05) is 24.5 Å². The summed E-state index contributed by atoms with van der Waals surface area (Å²) in [5.74, 6) is 0.00240. The monoisotopic (exact) mass is 342 g/mol. The van der Waals surface area contributed by atoms with E-state index in [1.807, 2.05) is 31.2 Å². The van der Waals surface area contributed by atoms with Crippen LogP contribution in [0.2, 0.25) is 0 Å². The fourth-order valence-electron chi connectivity index (χ4n) is 2.72.